The lowest BCUT2D eigenvalue weighted by molar-refractivity contribution is -0.140. The first kappa shape index (κ1) is 28.6. The number of halogens is 1. The number of anilines is 1. The molecule has 1 aliphatic heterocycles. The van der Waals surface area contributed by atoms with Gasteiger partial charge in [0.1, 0.15) is 6.04 Å². The molecule has 2 aromatic rings. The predicted octanol–water partition coefficient (Wildman–Crippen LogP) is 3.95. The number of amides is 2. The maximum absolute atomic E-state index is 13.4. The number of nitrogens with one attached hydrogen (secondary N) is 1. The zero-order valence-corrected chi connectivity index (χ0v) is 23.0. The third-order valence-corrected chi connectivity index (χ3v) is 7.65. The van der Waals surface area contributed by atoms with Gasteiger partial charge in [0.25, 0.3) is 0 Å². The monoisotopic (exact) mass is 551 g/mol. The minimum Gasteiger partial charge on any atom is -0.454 e. The van der Waals surface area contributed by atoms with Crippen LogP contribution in [0.3, 0.4) is 0 Å². The molecule has 2 aromatic carbocycles. The van der Waals surface area contributed by atoms with E-state index in [1.165, 1.54) is 9.21 Å². The van der Waals surface area contributed by atoms with Crippen LogP contribution in [0, 0.1) is 0 Å². The molecule has 9 nitrogen and oxygen atoms in total. The lowest BCUT2D eigenvalue weighted by Crippen LogP contribution is -2.48. The van der Waals surface area contributed by atoms with Crippen molar-refractivity contribution in [3.63, 3.8) is 0 Å². The molecule has 2 amide bonds. The van der Waals surface area contributed by atoms with Crippen LogP contribution in [0.5, 0.6) is 11.5 Å². The summed E-state index contributed by atoms with van der Waals surface area (Å²) in [5.41, 5.74) is 1.15. The highest BCUT2D eigenvalue weighted by Gasteiger charge is 2.27. The summed E-state index contributed by atoms with van der Waals surface area (Å²) in [7, 11) is -3.62. The largest absolute Gasteiger partial charge is 0.454 e. The van der Waals surface area contributed by atoms with Crippen LogP contribution in [0.15, 0.2) is 42.5 Å². The van der Waals surface area contributed by atoms with E-state index in [9.17, 15) is 18.0 Å². The van der Waals surface area contributed by atoms with Gasteiger partial charge in [-0.2, -0.15) is 0 Å². The second kappa shape index (κ2) is 13.0. The van der Waals surface area contributed by atoms with Crippen molar-refractivity contribution in [3.8, 4) is 11.5 Å². The molecule has 0 radical (unpaired) electrons. The van der Waals surface area contributed by atoms with E-state index in [4.69, 9.17) is 21.1 Å². The number of nitrogens with zero attached hydrogens (tertiary/aromatic N) is 2. The highest BCUT2D eigenvalue weighted by Crippen LogP contribution is 2.36. The Hall–Kier alpha value is -2.98. The maximum Gasteiger partial charge on any atom is 0.242 e. The van der Waals surface area contributed by atoms with Crippen molar-refractivity contribution in [2.75, 3.05) is 30.4 Å². The van der Waals surface area contributed by atoms with Gasteiger partial charge in [0.15, 0.2) is 11.5 Å². The number of rotatable bonds is 13. The number of ether oxygens (including phenoxy) is 2. The van der Waals surface area contributed by atoms with Crippen molar-refractivity contribution < 1.29 is 27.5 Å². The number of sulfonamides is 1. The molecule has 1 atom stereocenters. The summed E-state index contributed by atoms with van der Waals surface area (Å²) in [6.45, 7) is 4.59. The standard InChI is InChI=1S/C26H34ClN3O6S/c1-4-5-14-28-26(32)19(2)29(17-20-9-6-7-10-22(20)27)25(31)11-8-15-30(37(3,33)34)21-12-13-23-24(16-21)36-18-35-23/h6-7,9-10,12-13,16,19H,4-5,8,11,14-15,17-18H2,1-3H3,(H,28,32). The third kappa shape index (κ3) is 7.75. The highest BCUT2D eigenvalue weighted by molar-refractivity contribution is 7.92. The summed E-state index contributed by atoms with van der Waals surface area (Å²) in [5.74, 6) is 0.508. The molecule has 1 unspecified atom stereocenters. The normalized spacial score (nSPS) is 13.2. The van der Waals surface area contributed by atoms with E-state index in [-0.39, 0.29) is 44.5 Å². The zero-order chi connectivity index (χ0) is 27.0. The Kier molecular flexibility index (Phi) is 10.0. The molecule has 1 heterocycles. The molecule has 202 valence electrons. The topological polar surface area (TPSA) is 105 Å². The first-order valence-electron chi connectivity index (χ1n) is 12.3. The van der Waals surface area contributed by atoms with Crippen LogP contribution >= 0.6 is 11.6 Å². The smallest absolute Gasteiger partial charge is 0.242 e. The number of hydrogen-bond acceptors (Lipinski definition) is 6. The van der Waals surface area contributed by atoms with Gasteiger partial charge in [-0.15, -0.1) is 0 Å². The van der Waals surface area contributed by atoms with E-state index in [1.807, 2.05) is 19.1 Å². The first-order chi connectivity index (χ1) is 17.6. The minimum atomic E-state index is -3.62. The SMILES string of the molecule is CCCCNC(=O)C(C)N(Cc1ccccc1Cl)C(=O)CCCN(c1ccc2c(c1)OCO2)S(C)(=O)=O. The Labute approximate surface area is 223 Å². The number of fused-ring (bicyclic) bond motifs is 1. The first-order valence-corrected chi connectivity index (χ1v) is 14.5. The molecule has 0 spiro atoms. The summed E-state index contributed by atoms with van der Waals surface area (Å²) >= 11 is 6.33. The van der Waals surface area contributed by atoms with Crippen molar-refractivity contribution in [2.45, 2.75) is 52.1 Å². The van der Waals surface area contributed by atoms with Crippen molar-refractivity contribution >= 4 is 39.1 Å². The van der Waals surface area contributed by atoms with Crippen LogP contribution in [0.25, 0.3) is 0 Å². The molecule has 0 fully saturated rings. The number of unbranched alkanes of at least 4 members (excludes halogenated alkanes) is 1. The fourth-order valence-electron chi connectivity index (χ4n) is 3.97. The lowest BCUT2D eigenvalue weighted by atomic mass is 10.1. The van der Waals surface area contributed by atoms with Crippen LogP contribution in [0.2, 0.25) is 5.02 Å². The Morgan fingerprint density at radius 3 is 2.54 bits per heavy atom. The molecule has 0 bridgehead atoms. The number of carbonyl (C=O) groups is 2. The third-order valence-electron chi connectivity index (χ3n) is 6.09. The van der Waals surface area contributed by atoms with Crippen LogP contribution < -0.4 is 19.1 Å². The summed E-state index contributed by atoms with van der Waals surface area (Å²) in [5, 5.41) is 3.38. The zero-order valence-electron chi connectivity index (χ0n) is 21.4. The van der Waals surface area contributed by atoms with E-state index < -0.39 is 16.1 Å². The van der Waals surface area contributed by atoms with E-state index in [0.717, 1.165) is 24.7 Å². The molecule has 0 saturated carbocycles. The van der Waals surface area contributed by atoms with Gasteiger partial charge in [-0.3, -0.25) is 13.9 Å². The van der Waals surface area contributed by atoms with Gasteiger partial charge in [-0.25, -0.2) is 8.42 Å². The van der Waals surface area contributed by atoms with Crippen molar-refractivity contribution in [1.29, 1.82) is 0 Å². The Morgan fingerprint density at radius 1 is 1.11 bits per heavy atom. The number of benzene rings is 2. The van der Waals surface area contributed by atoms with Gasteiger partial charge in [0, 0.05) is 37.1 Å². The van der Waals surface area contributed by atoms with E-state index in [0.29, 0.717) is 28.8 Å². The molecular formula is C26H34ClN3O6S. The molecule has 0 aromatic heterocycles. The lowest BCUT2D eigenvalue weighted by Gasteiger charge is -2.29. The van der Waals surface area contributed by atoms with Crippen LogP contribution in [-0.2, 0) is 26.2 Å². The molecule has 3 rings (SSSR count). The van der Waals surface area contributed by atoms with Crippen LogP contribution in [0.4, 0.5) is 5.69 Å². The molecule has 1 N–H and O–H groups in total. The Morgan fingerprint density at radius 2 is 1.84 bits per heavy atom. The minimum absolute atomic E-state index is 0.0492. The van der Waals surface area contributed by atoms with E-state index in [2.05, 4.69) is 5.32 Å². The summed E-state index contributed by atoms with van der Waals surface area (Å²) < 4.78 is 37.0. The second-order valence-corrected chi connectivity index (χ2v) is 11.2. The fourth-order valence-corrected chi connectivity index (χ4v) is 5.13. The van der Waals surface area contributed by atoms with Gasteiger partial charge in [-0.05, 0) is 43.5 Å². The predicted molar refractivity (Wildman–Crippen MR) is 143 cm³/mol. The van der Waals surface area contributed by atoms with Crippen molar-refractivity contribution in [1.82, 2.24) is 10.2 Å². The van der Waals surface area contributed by atoms with Crippen LogP contribution in [-0.4, -0.2) is 57.3 Å². The van der Waals surface area contributed by atoms with Gasteiger partial charge in [-0.1, -0.05) is 43.1 Å². The quantitative estimate of drug-likeness (QED) is 0.378. The molecule has 0 aliphatic carbocycles. The van der Waals surface area contributed by atoms with Gasteiger partial charge >= 0.3 is 0 Å². The molecule has 0 saturated heterocycles. The average molecular weight is 552 g/mol. The van der Waals surface area contributed by atoms with Gasteiger partial charge < -0.3 is 19.7 Å². The van der Waals surface area contributed by atoms with Crippen molar-refractivity contribution in [3.05, 3.63) is 53.1 Å². The number of hydrogen-bond donors (Lipinski definition) is 1. The molecule has 37 heavy (non-hydrogen) atoms. The molecule has 1 aliphatic rings. The summed E-state index contributed by atoms with van der Waals surface area (Å²) in [4.78, 5) is 27.6. The van der Waals surface area contributed by atoms with E-state index in [1.54, 1.807) is 37.3 Å². The summed E-state index contributed by atoms with van der Waals surface area (Å²) in [6, 6.07) is 11.4. The van der Waals surface area contributed by atoms with Crippen LogP contribution in [0.1, 0.15) is 45.1 Å². The van der Waals surface area contributed by atoms with Crippen molar-refractivity contribution in [2.24, 2.45) is 0 Å². The highest BCUT2D eigenvalue weighted by atomic mass is 35.5. The fraction of sp³-hybridized carbons (Fsp3) is 0.462. The average Bonchev–Trinajstić information content (AvgIpc) is 3.33. The Balaban J connectivity index is 1.72. The molecule has 11 heteroatoms. The second-order valence-electron chi connectivity index (χ2n) is 8.91. The summed E-state index contributed by atoms with van der Waals surface area (Å²) in [6.07, 6.45) is 3.21. The maximum atomic E-state index is 13.4. The van der Waals surface area contributed by atoms with E-state index >= 15 is 0 Å². The van der Waals surface area contributed by atoms with Gasteiger partial charge in [0.05, 0.1) is 11.9 Å². The molecular weight excluding hydrogens is 518 g/mol. The number of carbonyl (C=O) groups excluding carboxylic acids is 2. The van der Waals surface area contributed by atoms with Gasteiger partial charge in [0.2, 0.25) is 28.6 Å². The Bertz CT molecular complexity index is 1210.